The number of halogens is 2. The Bertz CT molecular complexity index is 1040. The van der Waals surface area contributed by atoms with E-state index in [-0.39, 0.29) is 6.03 Å². The fourth-order valence-corrected chi connectivity index (χ4v) is 4.50. The van der Waals surface area contributed by atoms with Crippen LogP contribution in [0.1, 0.15) is 5.56 Å². The van der Waals surface area contributed by atoms with Crippen molar-refractivity contribution >= 4 is 55.9 Å². The number of amides is 2. The predicted molar refractivity (Wildman–Crippen MR) is 122 cm³/mol. The number of thiazole rings is 1. The van der Waals surface area contributed by atoms with Gasteiger partial charge in [0, 0.05) is 26.2 Å². The Labute approximate surface area is 193 Å². The van der Waals surface area contributed by atoms with Gasteiger partial charge in [-0.2, -0.15) is 0 Å². The molecular formula is C20H21Cl2N5O3S. The van der Waals surface area contributed by atoms with Gasteiger partial charge in [-0.25, -0.2) is 14.8 Å². The summed E-state index contributed by atoms with van der Waals surface area (Å²) in [5, 5.41) is 6.84. The number of urea groups is 1. The number of rotatable bonds is 7. The Morgan fingerprint density at radius 3 is 2.71 bits per heavy atom. The minimum absolute atomic E-state index is 0.268. The lowest BCUT2D eigenvalue weighted by Gasteiger charge is -2.26. The molecule has 3 aromatic rings. The Morgan fingerprint density at radius 2 is 1.94 bits per heavy atom. The molecule has 0 spiro atoms. The molecule has 11 heteroatoms. The van der Waals surface area contributed by atoms with Crippen LogP contribution in [0.3, 0.4) is 0 Å². The van der Waals surface area contributed by atoms with Crippen molar-refractivity contribution in [1.82, 2.24) is 20.2 Å². The van der Waals surface area contributed by atoms with Crippen molar-refractivity contribution < 1.29 is 14.3 Å². The van der Waals surface area contributed by atoms with E-state index in [0.717, 1.165) is 48.6 Å². The van der Waals surface area contributed by atoms with Crippen molar-refractivity contribution in [3.63, 3.8) is 0 Å². The highest BCUT2D eigenvalue weighted by molar-refractivity contribution is 7.22. The van der Waals surface area contributed by atoms with Gasteiger partial charge in [-0.3, -0.25) is 10.2 Å². The average Bonchev–Trinajstić information content (AvgIpc) is 3.13. The van der Waals surface area contributed by atoms with E-state index < -0.39 is 0 Å². The van der Waals surface area contributed by atoms with Crippen molar-refractivity contribution in [1.29, 1.82) is 0 Å². The lowest BCUT2D eigenvalue weighted by molar-refractivity contribution is 0.0388. The number of pyridine rings is 1. The number of morpholine rings is 1. The Hall–Kier alpha value is -2.17. The van der Waals surface area contributed by atoms with Gasteiger partial charge >= 0.3 is 6.03 Å². The molecule has 0 unspecified atom stereocenters. The maximum Gasteiger partial charge on any atom is 0.321 e. The highest BCUT2D eigenvalue weighted by atomic mass is 35.5. The molecule has 164 valence electrons. The first-order valence-electron chi connectivity index (χ1n) is 9.75. The van der Waals surface area contributed by atoms with E-state index >= 15 is 0 Å². The largest absolute Gasteiger partial charge is 0.489 e. The van der Waals surface area contributed by atoms with Crippen LogP contribution in [0.25, 0.3) is 10.2 Å². The number of anilines is 1. The molecule has 1 aromatic carbocycles. The van der Waals surface area contributed by atoms with Gasteiger partial charge in [0.2, 0.25) is 0 Å². The summed E-state index contributed by atoms with van der Waals surface area (Å²) in [6.07, 6.45) is 0. The average molecular weight is 482 g/mol. The van der Waals surface area contributed by atoms with Gasteiger partial charge in [0.15, 0.2) is 5.13 Å². The second-order valence-electron chi connectivity index (χ2n) is 6.89. The molecule has 2 N–H and O–H groups in total. The van der Waals surface area contributed by atoms with E-state index in [1.807, 2.05) is 18.2 Å². The van der Waals surface area contributed by atoms with Gasteiger partial charge < -0.3 is 14.8 Å². The number of hydrogen-bond acceptors (Lipinski definition) is 7. The van der Waals surface area contributed by atoms with Gasteiger partial charge in [0.25, 0.3) is 0 Å². The minimum Gasteiger partial charge on any atom is -0.489 e. The SMILES string of the molecule is O=C(NCCN1CCOCC1)Nc1nc2ccc(OCc3cc(Cl)nc(Cl)c3)cc2s1. The van der Waals surface area contributed by atoms with E-state index in [0.29, 0.717) is 34.3 Å². The van der Waals surface area contributed by atoms with Gasteiger partial charge in [0.05, 0.1) is 23.4 Å². The number of benzene rings is 1. The third kappa shape index (κ3) is 6.41. The van der Waals surface area contributed by atoms with Crippen molar-refractivity contribution in [3.05, 3.63) is 46.2 Å². The predicted octanol–water partition coefficient (Wildman–Crippen LogP) is 4.03. The molecule has 1 fully saturated rings. The van der Waals surface area contributed by atoms with Crippen LogP contribution in [0.4, 0.5) is 9.93 Å². The molecule has 31 heavy (non-hydrogen) atoms. The molecule has 1 aliphatic heterocycles. The van der Waals surface area contributed by atoms with Crippen molar-refractivity contribution in [3.8, 4) is 5.75 Å². The van der Waals surface area contributed by atoms with Crippen LogP contribution in [0, 0.1) is 0 Å². The summed E-state index contributed by atoms with van der Waals surface area (Å²) in [5.41, 5.74) is 1.61. The van der Waals surface area contributed by atoms with Crippen molar-refractivity contribution in [2.24, 2.45) is 0 Å². The quantitative estimate of drug-likeness (QED) is 0.495. The molecule has 1 saturated heterocycles. The molecule has 0 radical (unpaired) electrons. The van der Waals surface area contributed by atoms with E-state index in [2.05, 4.69) is 25.5 Å². The molecule has 2 aromatic heterocycles. The van der Waals surface area contributed by atoms with Crippen molar-refractivity contribution in [2.75, 3.05) is 44.7 Å². The first-order chi connectivity index (χ1) is 15.0. The number of nitrogens with zero attached hydrogens (tertiary/aromatic N) is 3. The topological polar surface area (TPSA) is 88.6 Å². The van der Waals surface area contributed by atoms with Crippen LogP contribution in [-0.2, 0) is 11.3 Å². The fraction of sp³-hybridized carbons (Fsp3) is 0.350. The lowest BCUT2D eigenvalue weighted by Crippen LogP contribution is -2.42. The smallest absolute Gasteiger partial charge is 0.321 e. The van der Waals surface area contributed by atoms with Crippen LogP contribution in [-0.4, -0.2) is 60.3 Å². The fourth-order valence-electron chi connectivity index (χ4n) is 3.11. The summed E-state index contributed by atoms with van der Waals surface area (Å²) in [7, 11) is 0. The normalized spacial score (nSPS) is 14.5. The second kappa shape index (κ2) is 10.4. The molecule has 0 aliphatic carbocycles. The van der Waals surface area contributed by atoms with Gasteiger partial charge in [0.1, 0.15) is 22.7 Å². The standard InChI is InChI=1S/C20H21Cl2N5O3S/c21-17-9-13(10-18(22)25-17)12-30-14-1-2-15-16(11-14)31-20(24-15)26-19(28)23-3-4-27-5-7-29-8-6-27/h1-2,9-11H,3-8,12H2,(H2,23,24,26,28). The number of fused-ring (bicyclic) bond motifs is 1. The van der Waals surface area contributed by atoms with Gasteiger partial charge in [-0.05, 0) is 35.9 Å². The highest BCUT2D eigenvalue weighted by Gasteiger charge is 2.12. The van der Waals surface area contributed by atoms with E-state index in [1.54, 1.807) is 12.1 Å². The summed E-state index contributed by atoms with van der Waals surface area (Å²) in [6, 6.07) is 8.72. The molecular weight excluding hydrogens is 461 g/mol. The Balaban J connectivity index is 1.30. The number of nitrogens with one attached hydrogen (secondary N) is 2. The monoisotopic (exact) mass is 481 g/mol. The Kier molecular flexibility index (Phi) is 7.41. The number of hydrogen-bond donors (Lipinski definition) is 2. The molecule has 0 bridgehead atoms. The van der Waals surface area contributed by atoms with Crippen LogP contribution >= 0.6 is 34.5 Å². The molecule has 1 aliphatic rings. The van der Waals surface area contributed by atoms with Crippen LogP contribution < -0.4 is 15.4 Å². The molecule has 4 rings (SSSR count). The highest BCUT2D eigenvalue weighted by Crippen LogP contribution is 2.29. The zero-order chi connectivity index (χ0) is 21.6. The molecule has 0 saturated carbocycles. The molecule has 2 amide bonds. The van der Waals surface area contributed by atoms with E-state index in [4.69, 9.17) is 32.7 Å². The number of aromatic nitrogens is 2. The maximum atomic E-state index is 12.2. The number of ether oxygens (including phenoxy) is 2. The number of carbonyl (C=O) groups is 1. The van der Waals surface area contributed by atoms with Gasteiger partial charge in [-0.15, -0.1) is 0 Å². The zero-order valence-corrected chi connectivity index (χ0v) is 18.9. The van der Waals surface area contributed by atoms with Crippen LogP contribution in [0.15, 0.2) is 30.3 Å². The summed E-state index contributed by atoms with van der Waals surface area (Å²) in [6.45, 7) is 4.95. The minimum atomic E-state index is -0.268. The number of carbonyl (C=O) groups excluding carboxylic acids is 1. The van der Waals surface area contributed by atoms with Gasteiger partial charge in [-0.1, -0.05) is 34.5 Å². The van der Waals surface area contributed by atoms with E-state index in [9.17, 15) is 4.79 Å². The van der Waals surface area contributed by atoms with Crippen molar-refractivity contribution in [2.45, 2.75) is 6.61 Å². The summed E-state index contributed by atoms with van der Waals surface area (Å²) < 4.78 is 12.1. The molecule has 0 atom stereocenters. The maximum absolute atomic E-state index is 12.2. The van der Waals surface area contributed by atoms with Crippen LogP contribution in [0.2, 0.25) is 10.3 Å². The third-order valence-electron chi connectivity index (χ3n) is 4.63. The third-order valence-corrected chi connectivity index (χ3v) is 5.95. The van der Waals surface area contributed by atoms with Crippen LogP contribution in [0.5, 0.6) is 5.75 Å². The molecule has 8 nitrogen and oxygen atoms in total. The summed E-state index contributed by atoms with van der Waals surface area (Å²) in [4.78, 5) is 22.8. The summed E-state index contributed by atoms with van der Waals surface area (Å²) in [5.74, 6) is 0.682. The first-order valence-corrected chi connectivity index (χ1v) is 11.3. The van der Waals surface area contributed by atoms with E-state index in [1.165, 1.54) is 11.3 Å². The second-order valence-corrected chi connectivity index (χ2v) is 8.70. The first kappa shape index (κ1) is 22.0. The molecule has 3 heterocycles. The lowest BCUT2D eigenvalue weighted by atomic mass is 10.3. The zero-order valence-electron chi connectivity index (χ0n) is 16.6. The summed E-state index contributed by atoms with van der Waals surface area (Å²) >= 11 is 13.2. The Morgan fingerprint density at radius 1 is 1.16 bits per heavy atom.